The lowest BCUT2D eigenvalue weighted by Gasteiger charge is -2.21. The van der Waals surface area contributed by atoms with Crippen LogP contribution < -0.4 is 11.1 Å². The van der Waals surface area contributed by atoms with Crippen LogP contribution >= 0.6 is 11.8 Å². The number of aromatic nitrogens is 1. The molecule has 0 aliphatic carbocycles. The number of nitrogen functional groups attached to an aromatic ring is 1. The maximum atomic E-state index is 11.8. The Hall–Kier alpha value is -1.23. The molecule has 1 aromatic rings. The molecule has 1 aliphatic heterocycles. The average Bonchev–Trinajstić information content (AvgIpc) is 2.37. The number of rotatable bonds is 3. The topological polar surface area (TPSA) is 68.0 Å². The number of carbonyl (C=O) groups excluding carboxylic acids is 1. The number of nitrogens with one attached hydrogen (secondary N) is 1. The summed E-state index contributed by atoms with van der Waals surface area (Å²) in [6, 6.07) is 3.28. The van der Waals surface area contributed by atoms with E-state index in [0.717, 1.165) is 6.54 Å². The van der Waals surface area contributed by atoms with Gasteiger partial charge < -0.3 is 11.1 Å². The van der Waals surface area contributed by atoms with Crippen molar-refractivity contribution in [1.82, 2.24) is 10.3 Å². The highest BCUT2D eigenvalue weighted by molar-refractivity contribution is 7.99. The molecule has 0 spiro atoms. The molecule has 1 saturated heterocycles. The van der Waals surface area contributed by atoms with E-state index in [1.807, 2.05) is 11.8 Å². The summed E-state index contributed by atoms with van der Waals surface area (Å²) in [5, 5.41) is 3.51. The first-order valence-electron chi connectivity index (χ1n) is 5.87. The van der Waals surface area contributed by atoms with Crippen molar-refractivity contribution in [1.29, 1.82) is 0 Å². The third-order valence-electron chi connectivity index (χ3n) is 2.81. The molecule has 1 unspecified atom stereocenters. The quantitative estimate of drug-likeness (QED) is 0.857. The van der Waals surface area contributed by atoms with Gasteiger partial charge in [-0.15, -0.1) is 0 Å². The molecule has 0 bridgehead atoms. The Labute approximate surface area is 105 Å². The van der Waals surface area contributed by atoms with Gasteiger partial charge >= 0.3 is 0 Å². The maximum absolute atomic E-state index is 11.8. The Morgan fingerprint density at radius 3 is 3.18 bits per heavy atom. The first-order chi connectivity index (χ1) is 8.25. The zero-order valence-corrected chi connectivity index (χ0v) is 10.5. The predicted octanol–water partition coefficient (Wildman–Crippen LogP) is 1.68. The summed E-state index contributed by atoms with van der Waals surface area (Å²) in [4.78, 5) is 15.7. The van der Waals surface area contributed by atoms with E-state index >= 15 is 0 Å². The molecule has 1 atom stereocenters. The molecule has 2 rings (SSSR count). The fourth-order valence-electron chi connectivity index (χ4n) is 1.87. The van der Waals surface area contributed by atoms with E-state index in [1.54, 1.807) is 18.3 Å². The number of pyridine rings is 1. The molecule has 0 aromatic carbocycles. The summed E-state index contributed by atoms with van der Waals surface area (Å²) in [5.74, 6) is 1.53. The molecule has 3 N–H and O–H groups in total. The number of anilines is 1. The van der Waals surface area contributed by atoms with E-state index < -0.39 is 0 Å². The number of amides is 1. The third-order valence-corrected chi connectivity index (χ3v) is 4.21. The van der Waals surface area contributed by atoms with Crippen molar-refractivity contribution in [3.8, 4) is 0 Å². The molecule has 1 aromatic heterocycles. The molecular weight excluding hydrogens is 234 g/mol. The number of nitrogens with zero attached hydrogens (tertiary/aromatic N) is 1. The van der Waals surface area contributed by atoms with Gasteiger partial charge in [-0.1, -0.05) is 6.42 Å². The largest absolute Gasteiger partial charge is 0.384 e. The van der Waals surface area contributed by atoms with Crippen LogP contribution in [0.5, 0.6) is 0 Å². The lowest BCUT2D eigenvalue weighted by Crippen LogP contribution is -2.31. The molecule has 4 nitrogen and oxygen atoms in total. The van der Waals surface area contributed by atoms with Crippen LogP contribution in [0.1, 0.15) is 29.6 Å². The Morgan fingerprint density at radius 2 is 2.47 bits per heavy atom. The van der Waals surface area contributed by atoms with E-state index in [2.05, 4.69) is 10.3 Å². The van der Waals surface area contributed by atoms with E-state index in [0.29, 0.717) is 16.6 Å². The average molecular weight is 251 g/mol. The van der Waals surface area contributed by atoms with Gasteiger partial charge in [-0.05, 0) is 30.7 Å². The van der Waals surface area contributed by atoms with Gasteiger partial charge in [-0.3, -0.25) is 4.79 Å². The molecule has 17 heavy (non-hydrogen) atoms. The van der Waals surface area contributed by atoms with Gasteiger partial charge in [0.1, 0.15) is 5.82 Å². The smallest absolute Gasteiger partial charge is 0.251 e. The molecule has 0 radical (unpaired) electrons. The van der Waals surface area contributed by atoms with Crippen LogP contribution in [-0.4, -0.2) is 28.4 Å². The fraction of sp³-hybridized carbons (Fsp3) is 0.500. The number of nitrogens with two attached hydrogens (primary N) is 1. The van der Waals surface area contributed by atoms with E-state index in [1.165, 1.54) is 25.0 Å². The normalized spacial score (nSPS) is 19.9. The van der Waals surface area contributed by atoms with Crippen molar-refractivity contribution in [3.05, 3.63) is 23.9 Å². The summed E-state index contributed by atoms with van der Waals surface area (Å²) in [5.41, 5.74) is 6.12. The lowest BCUT2D eigenvalue weighted by molar-refractivity contribution is 0.0953. The highest BCUT2D eigenvalue weighted by atomic mass is 32.2. The van der Waals surface area contributed by atoms with Crippen LogP contribution in [0.3, 0.4) is 0 Å². The number of carbonyl (C=O) groups is 1. The van der Waals surface area contributed by atoms with Gasteiger partial charge in [0.05, 0.1) is 0 Å². The van der Waals surface area contributed by atoms with Crippen molar-refractivity contribution in [2.24, 2.45) is 0 Å². The van der Waals surface area contributed by atoms with E-state index in [-0.39, 0.29) is 5.91 Å². The van der Waals surface area contributed by atoms with Crippen molar-refractivity contribution >= 4 is 23.5 Å². The standard InChI is InChI=1S/C12H17N3OS/c13-11-7-9(4-5-14-11)12(16)15-8-10-3-1-2-6-17-10/h4-5,7,10H,1-3,6,8H2,(H2,13,14)(H,15,16). The van der Waals surface area contributed by atoms with E-state index in [4.69, 9.17) is 5.73 Å². The van der Waals surface area contributed by atoms with Crippen molar-refractivity contribution < 1.29 is 4.79 Å². The monoisotopic (exact) mass is 251 g/mol. The Bertz CT molecular complexity index is 391. The second kappa shape index (κ2) is 5.91. The SMILES string of the molecule is Nc1cc(C(=O)NCC2CCCCS2)ccn1. The summed E-state index contributed by atoms with van der Waals surface area (Å²) in [6.07, 6.45) is 5.33. The van der Waals surface area contributed by atoms with Crippen LogP contribution in [-0.2, 0) is 0 Å². The second-order valence-electron chi connectivity index (χ2n) is 4.17. The number of thioether (sulfide) groups is 1. The summed E-state index contributed by atoms with van der Waals surface area (Å²) in [7, 11) is 0. The highest BCUT2D eigenvalue weighted by Gasteiger charge is 2.15. The minimum absolute atomic E-state index is 0.0646. The maximum Gasteiger partial charge on any atom is 0.251 e. The molecule has 1 aliphatic rings. The molecule has 5 heteroatoms. The van der Waals surface area contributed by atoms with E-state index in [9.17, 15) is 4.79 Å². The molecule has 92 valence electrons. The molecule has 1 fully saturated rings. The van der Waals surface area contributed by atoms with Crippen LogP contribution in [0.2, 0.25) is 0 Å². The Balaban J connectivity index is 1.84. The van der Waals surface area contributed by atoms with Crippen LogP contribution in [0.25, 0.3) is 0 Å². The fourth-order valence-corrected chi connectivity index (χ4v) is 3.11. The zero-order chi connectivity index (χ0) is 12.1. The summed E-state index contributed by atoms with van der Waals surface area (Å²) >= 11 is 1.95. The Kier molecular flexibility index (Phi) is 4.25. The molecule has 2 heterocycles. The lowest BCUT2D eigenvalue weighted by atomic mass is 10.2. The van der Waals surface area contributed by atoms with Gasteiger partial charge in [-0.2, -0.15) is 11.8 Å². The van der Waals surface area contributed by atoms with Crippen molar-refractivity contribution in [2.45, 2.75) is 24.5 Å². The van der Waals surface area contributed by atoms with Crippen LogP contribution in [0, 0.1) is 0 Å². The first kappa shape index (κ1) is 12.2. The summed E-state index contributed by atoms with van der Waals surface area (Å²) < 4.78 is 0. The number of hydrogen-bond donors (Lipinski definition) is 2. The molecular formula is C12H17N3OS. The van der Waals surface area contributed by atoms with Crippen LogP contribution in [0.4, 0.5) is 5.82 Å². The van der Waals surface area contributed by atoms with Gasteiger partial charge in [0.15, 0.2) is 0 Å². The predicted molar refractivity (Wildman–Crippen MR) is 71.1 cm³/mol. The summed E-state index contributed by atoms with van der Waals surface area (Å²) in [6.45, 7) is 0.742. The third kappa shape index (κ3) is 3.63. The second-order valence-corrected chi connectivity index (χ2v) is 5.58. The minimum Gasteiger partial charge on any atom is -0.384 e. The zero-order valence-electron chi connectivity index (χ0n) is 9.69. The minimum atomic E-state index is -0.0646. The highest BCUT2D eigenvalue weighted by Crippen LogP contribution is 2.24. The molecule has 1 amide bonds. The molecule has 0 saturated carbocycles. The van der Waals surface area contributed by atoms with Gasteiger partial charge in [-0.25, -0.2) is 4.98 Å². The van der Waals surface area contributed by atoms with Gasteiger partial charge in [0.2, 0.25) is 0 Å². The Morgan fingerprint density at radius 1 is 1.59 bits per heavy atom. The van der Waals surface area contributed by atoms with Crippen molar-refractivity contribution in [2.75, 3.05) is 18.0 Å². The number of hydrogen-bond acceptors (Lipinski definition) is 4. The first-order valence-corrected chi connectivity index (χ1v) is 6.92. The van der Waals surface area contributed by atoms with Gasteiger partial charge in [0, 0.05) is 23.6 Å². The van der Waals surface area contributed by atoms with Crippen LogP contribution in [0.15, 0.2) is 18.3 Å². The van der Waals surface area contributed by atoms with Gasteiger partial charge in [0.25, 0.3) is 5.91 Å². The van der Waals surface area contributed by atoms with Crippen molar-refractivity contribution in [3.63, 3.8) is 0 Å².